The number of ether oxygens (including phenoxy) is 1. The number of carbonyl (C=O) groups is 2. The van der Waals surface area contributed by atoms with Crippen LogP contribution in [0.5, 0.6) is 0 Å². The topological polar surface area (TPSA) is 43.4 Å². The molecular weight excluding hydrogens is 156 g/mol. The third kappa shape index (κ3) is 2.64. The lowest BCUT2D eigenvalue weighted by Crippen LogP contribution is -2.24. The molecule has 3 heteroatoms. The Balaban J connectivity index is 2.47. The molecule has 0 aromatic heterocycles. The smallest absolute Gasteiger partial charge is 0.303 e. The first-order valence-corrected chi connectivity index (χ1v) is 4.40. The summed E-state index contributed by atoms with van der Waals surface area (Å²) in [4.78, 5) is 21.9. The van der Waals surface area contributed by atoms with Crippen LogP contribution in [0.15, 0.2) is 0 Å². The van der Waals surface area contributed by atoms with Crippen LogP contribution in [0.3, 0.4) is 0 Å². The van der Waals surface area contributed by atoms with Gasteiger partial charge in [0.25, 0.3) is 0 Å². The van der Waals surface area contributed by atoms with Crippen molar-refractivity contribution in [1.29, 1.82) is 0 Å². The lowest BCUT2D eigenvalue weighted by Gasteiger charge is -2.11. The van der Waals surface area contributed by atoms with Gasteiger partial charge in [-0.3, -0.25) is 9.59 Å². The molecule has 0 heterocycles. The number of hydrogen-bond acceptors (Lipinski definition) is 3. The quantitative estimate of drug-likeness (QED) is 0.442. The highest BCUT2D eigenvalue weighted by atomic mass is 16.5. The lowest BCUT2D eigenvalue weighted by atomic mass is 10.1. The first-order valence-electron chi connectivity index (χ1n) is 4.40. The van der Waals surface area contributed by atoms with Gasteiger partial charge in [0.05, 0.1) is 0 Å². The van der Waals surface area contributed by atoms with Crippen LogP contribution in [-0.4, -0.2) is 17.9 Å². The molecule has 0 radical (unpaired) electrons. The fourth-order valence-corrected chi connectivity index (χ4v) is 1.45. The van der Waals surface area contributed by atoms with E-state index in [0.29, 0.717) is 12.8 Å². The summed E-state index contributed by atoms with van der Waals surface area (Å²) in [6.07, 6.45) is 3.82. The van der Waals surface area contributed by atoms with Gasteiger partial charge in [0.1, 0.15) is 0 Å². The lowest BCUT2D eigenvalue weighted by molar-refractivity contribution is -0.153. The van der Waals surface area contributed by atoms with Crippen molar-refractivity contribution < 1.29 is 14.3 Å². The molecule has 0 saturated heterocycles. The van der Waals surface area contributed by atoms with E-state index in [1.165, 1.54) is 6.92 Å². The molecule has 1 aliphatic rings. The molecular formula is C9H14O3. The first-order chi connectivity index (χ1) is 5.70. The van der Waals surface area contributed by atoms with E-state index in [1.54, 1.807) is 0 Å². The third-order valence-electron chi connectivity index (χ3n) is 2.06. The van der Waals surface area contributed by atoms with Crippen LogP contribution in [-0.2, 0) is 14.3 Å². The molecule has 0 amide bonds. The van der Waals surface area contributed by atoms with Crippen LogP contribution in [0.2, 0.25) is 0 Å². The zero-order valence-corrected chi connectivity index (χ0v) is 7.34. The van der Waals surface area contributed by atoms with Gasteiger partial charge in [-0.25, -0.2) is 0 Å². The molecule has 1 fully saturated rings. The second-order valence-electron chi connectivity index (χ2n) is 3.16. The van der Waals surface area contributed by atoms with Crippen LogP contribution in [0.1, 0.15) is 39.0 Å². The summed E-state index contributed by atoms with van der Waals surface area (Å²) in [5, 5.41) is 0. The molecule has 0 aromatic carbocycles. The Morgan fingerprint density at radius 1 is 1.42 bits per heavy atom. The Labute approximate surface area is 72.1 Å². The molecule has 68 valence electrons. The van der Waals surface area contributed by atoms with Gasteiger partial charge in [-0.15, -0.1) is 0 Å². The molecule has 1 saturated carbocycles. The van der Waals surface area contributed by atoms with E-state index < -0.39 is 6.10 Å². The predicted molar refractivity (Wildman–Crippen MR) is 43.6 cm³/mol. The molecule has 12 heavy (non-hydrogen) atoms. The van der Waals surface area contributed by atoms with E-state index >= 15 is 0 Å². The summed E-state index contributed by atoms with van der Waals surface area (Å²) in [6, 6.07) is 0. The highest BCUT2D eigenvalue weighted by Crippen LogP contribution is 2.17. The molecule has 0 aromatic rings. The fourth-order valence-electron chi connectivity index (χ4n) is 1.45. The minimum absolute atomic E-state index is 0.0858. The van der Waals surface area contributed by atoms with Crippen molar-refractivity contribution in [3.8, 4) is 0 Å². The summed E-state index contributed by atoms with van der Waals surface area (Å²) in [7, 11) is 0. The monoisotopic (exact) mass is 170 g/mol. The van der Waals surface area contributed by atoms with Gasteiger partial charge in [-0.2, -0.15) is 0 Å². The molecule has 1 unspecified atom stereocenters. The summed E-state index contributed by atoms with van der Waals surface area (Å²) in [5.74, 6) is -0.266. The van der Waals surface area contributed by atoms with E-state index in [1.807, 2.05) is 0 Å². The van der Waals surface area contributed by atoms with E-state index in [-0.39, 0.29) is 11.8 Å². The maximum absolute atomic E-state index is 11.3. The molecule has 0 aliphatic heterocycles. The van der Waals surface area contributed by atoms with E-state index in [2.05, 4.69) is 0 Å². The largest absolute Gasteiger partial charge is 0.455 e. The second kappa shape index (κ2) is 4.24. The number of esters is 1. The summed E-state index contributed by atoms with van der Waals surface area (Å²) in [5.41, 5.74) is 0. The highest BCUT2D eigenvalue weighted by molar-refractivity contribution is 5.85. The van der Waals surface area contributed by atoms with Crippen LogP contribution in [0.25, 0.3) is 0 Å². The standard InChI is InChI=1S/C9H14O3/c1-7(10)12-9-6-4-2-3-5-8(9)11/h9H,2-6H2,1H3. The molecule has 0 bridgehead atoms. The molecule has 0 N–H and O–H groups in total. The number of ketones is 1. The van der Waals surface area contributed by atoms with Crippen molar-refractivity contribution in [2.75, 3.05) is 0 Å². The SMILES string of the molecule is CC(=O)OC1CCCCCC1=O. The average molecular weight is 170 g/mol. The first kappa shape index (κ1) is 9.23. The maximum atomic E-state index is 11.3. The average Bonchev–Trinajstić information content (AvgIpc) is 2.16. The van der Waals surface area contributed by atoms with Crippen molar-refractivity contribution in [2.45, 2.75) is 45.1 Å². The fraction of sp³-hybridized carbons (Fsp3) is 0.778. The molecule has 0 spiro atoms. The zero-order valence-electron chi connectivity index (χ0n) is 7.34. The van der Waals surface area contributed by atoms with E-state index in [0.717, 1.165) is 19.3 Å². The van der Waals surface area contributed by atoms with E-state index in [9.17, 15) is 9.59 Å². The van der Waals surface area contributed by atoms with Crippen molar-refractivity contribution in [1.82, 2.24) is 0 Å². The Morgan fingerprint density at radius 2 is 2.17 bits per heavy atom. The molecule has 1 aliphatic carbocycles. The number of Topliss-reactive ketones (excluding diaryl/α,β-unsaturated/α-hetero) is 1. The number of hydrogen-bond donors (Lipinski definition) is 0. The highest BCUT2D eigenvalue weighted by Gasteiger charge is 2.22. The Bertz CT molecular complexity index is 186. The molecule has 1 atom stereocenters. The van der Waals surface area contributed by atoms with Crippen molar-refractivity contribution in [2.24, 2.45) is 0 Å². The normalized spacial score (nSPS) is 24.8. The van der Waals surface area contributed by atoms with Gasteiger partial charge in [0.2, 0.25) is 0 Å². The number of rotatable bonds is 1. The number of carbonyl (C=O) groups excluding carboxylic acids is 2. The van der Waals surface area contributed by atoms with Gasteiger partial charge in [0.15, 0.2) is 11.9 Å². The Hall–Kier alpha value is -0.860. The second-order valence-corrected chi connectivity index (χ2v) is 3.16. The molecule has 3 nitrogen and oxygen atoms in total. The zero-order chi connectivity index (χ0) is 8.97. The predicted octanol–water partition coefficient (Wildman–Crippen LogP) is 1.45. The van der Waals surface area contributed by atoms with Crippen LogP contribution >= 0.6 is 0 Å². The van der Waals surface area contributed by atoms with Crippen molar-refractivity contribution in [3.63, 3.8) is 0 Å². The summed E-state index contributed by atoms with van der Waals surface area (Å²) in [6.45, 7) is 1.35. The summed E-state index contributed by atoms with van der Waals surface area (Å²) >= 11 is 0. The van der Waals surface area contributed by atoms with Gasteiger partial charge in [-0.05, 0) is 19.3 Å². The van der Waals surface area contributed by atoms with Gasteiger partial charge in [-0.1, -0.05) is 6.42 Å². The van der Waals surface area contributed by atoms with Crippen LogP contribution in [0, 0.1) is 0 Å². The van der Waals surface area contributed by atoms with Gasteiger partial charge < -0.3 is 4.74 Å². The summed E-state index contributed by atoms with van der Waals surface area (Å²) < 4.78 is 4.89. The van der Waals surface area contributed by atoms with Gasteiger partial charge >= 0.3 is 5.97 Å². The van der Waals surface area contributed by atoms with Crippen molar-refractivity contribution in [3.05, 3.63) is 0 Å². The minimum atomic E-state index is -0.454. The van der Waals surface area contributed by atoms with E-state index in [4.69, 9.17) is 4.74 Å². The van der Waals surface area contributed by atoms with Crippen LogP contribution < -0.4 is 0 Å². The Kier molecular flexibility index (Phi) is 3.26. The van der Waals surface area contributed by atoms with Gasteiger partial charge in [0, 0.05) is 13.3 Å². The minimum Gasteiger partial charge on any atom is -0.455 e. The Morgan fingerprint density at radius 3 is 2.83 bits per heavy atom. The van der Waals surface area contributed by atoms with Crippen molar-refractivity contribution >= 4 is 11.8 Å². The van der Waals surface area contributed by atoms with Crippen LogP contribution in [0.4, 0.5) is 0 Å². The maximum Gasteiger partial charge on any atom is 0.303 e. The molecule has 1 rings (SSSR count). The third-order valence-corrected chi connectivity index (χ3v) is 2.06.